The zero-order chi connectivity index (χ0) is 32.6. The first-order valence-corrected chi connectivity index (χ1v) is 15.7. The number of hydrogen-bond acceptors (Lipinski definition) is 6. The monoisotopic (exact) mass is 750 g/mol. The van der Waals surface area contributed by atoms with Gasteiger partial charge in [-0.1, -0.05) is 93.5 Å². The van der Waals surface area contributed by atoms with Crippen molar-refractivity contribution in [3.8, 4) is 11.1 Å². The fraction of sp³-hybridized carbons (Fsp3) is 0.200. The summed E-state index contributed by atoms with van der Waals surface area (Å²) in [4.78, 5) is 0. The summed E-state index contributed by atoms with van der Waals surface area (Å²) in [5, 5.41) is 42.2. The number of hydrogen-bond donors (Lipinski definition) is 6. The van der Waals surface area contributed by atoms with Gasteiger partial charge in [0.1, 0.15) is 11.6 Å². The Bertz CT molecular complexity index is 1420. The summed E-state index contributed by atoms with van der Waals surface area (Å²) < 4.78 is 28.1. The highest BCUT2D eigenvalue weighted by Gasteiger charge is 2.16. The quantitative estimate of drug-likeness (QED) is 0.122. The predicted octanol–water partition coefficient (Wildman–Crippen LogP) is 5.35. The molecule has 4 rings (SSSR count). The van der Waals surface area contributed by atoms with Crippen molar-refractivity contribution in [3.05, 3.63) is 122 Å². The Morgan fingerprint density at radius 3 is 1.61 bits per heavy atom. The van der Waals surface area contributed by atoms with Crippen molar-refractivity contribution in [3.63, 3.8) is 0 Å². The lowest BCUT2D eigenvalue weighted by Gasteiger charge is -2.07. The van der Waals surface area contributed by atoms with Crippen LogP contribution in [0.1, 0.15) is 11.1 Å². The van der Waals surface area contributed by atoms with Crippen LogP contribution in [0.15, 0.2) is 93.9 Å². The van der Waals surface area contributed by atoms with E-state index < -0.39 is 12.9 Å². The molecule has 0 aliphatic rings. The van der Waals surface area contributed by atoms with Gasteiger partial charge >= 0.3 is 7.12 Å². The summed E-state index contributed by atoms with van der Waals surface area (Å²) in [5.41, 5.74) is 3.48. The van der Waals surface area contributed by atoms with Gasteiger partial charge in [-0.15, -0.1) is 0 Å². The summed E-state index contributed by atoms with van der Waals surface area (Å²) >= 11 is 12.3. The van der Waals surface area contributed by atoms with Crippen molar-refractivity contribution in [1.82, 2.24) is 10.6 Å². The fourth-order valence-electron chi connectivity index (χ4n) is 3.69. The minimum Gasteiger partial charge on any atom is -0.449 e. The Labute approximate surface area is 280 Å². The molecule has 0 saturated carbocycles. The van der Waals surface area contributed by atoms with Crippen molar-refractivity contribution >= 4 is 69.9 Å². The highest BCUT2D eigenvalue weighted by atomic mass is 79.9. The van der Waals surface area contributed by atoms with Gasteiger partial charge in [0.15, 0.2) is 0 Å². The molecule has 6 N–H and O–H groups in total. The molecule has 0 spiro atoms. The van der Waals surface area contributed by atoms with Gasteiger partial charge in [-0.2, -0.15) is 0 Å². The van der Waals surface area contributed by atoms with E-state index in [1.165, 1.54) is 35.9 Å². The molecule has 0 saturated heterocycles. The number of halogens is 5. The van der Waals surface area contributed by atoms with E-state index in [-0.39, 0.29) is 25.1 Å². The molecular weight excluding hydrogens is 718 g/mol. The van der Waals surface area contributed by atoms with E-state index in [1.807, 2.05) is 36.4 Å². The van der Waals surface area contributed by atoms with Crippen molar-refractivity contribution in [2.75, 3.05) is 12.9 Å². The average molecular weight is 752 g/mol. The Morgan fingerprint density at radius 2 is 1.14 bits per heavy atom. The Kier molecular flexibility index (Phi) is 17.5. The minimum atomic E-state index is -1.76. The second-order valence-electron chi connectivity index (χ2n) is 9.95. The Balaban J connectivity index is 0.000000244. The first kappa shape index (κ1) is 38.1. The standard InChI is InChI=1S/C15H16BClFNO.C9H13BBrNO.C6H5BBrFO2/c1-16(20)10-19-9-11-2-4-12(5-3-11)14-8-13(17)6-7-15(14)18;1-10(13)7-12-6-8-2-4-9(11)5-3-8;8-4-1-2-6(9)5(3-4)7(10)11/h2-8,19-20H,9-10H2,1H3;2-5,12-13H,6-7H2,1H3;1-3,10-11H. The van der Waals surface area contributed by atoms with Crippen LogP contribution in [0.4, 0.5) is 8.78 Å². The van der Waals surface area contributed by atoms with Crippen LogP contribution < -0.4 is 16.1 Å². The molecule has 0 heterocycles. The van der Waals surface area contributed by atoms with E-state index in [9.17, 15) is 8.78 Å². The molecule has 4 aromatic rings. The van der Waals surface area contributed by atoms with Crippen LogP contribution in [-0.4, -0.2) is 53.9 Å². The van der Waals surface area contributed by atoms with E-state index in [0.717, 1.165) is 22.1 Å². The maximum Gasteiger partial charge on any atom is 0.491 e. The lowest BCUT2D eigenvalue weighted by atomic mass is 9.72. The van der Waals surface area contributed by atoms with Crippen molar-refractivity contribution in [1.29, 1.82) is 0 Å². The highest BCUT2D eigenvalue weighted by molar-refractivity contribution is 9.10. The fourth-order valence-corrected chi connectivity index (χ4v) is 4.50. The van der Waals surface area contributed by atoms with Gasteiger partial charge in [-0.3, -0.25) is 0 Å². The third-order valence-electron chi connectivity index (χ3n) is 5.88. The average Bonchev–Trinajstić information content (AvgIpc) is 2.97. The van der Waals surface area contributed by atoms with Crippen molar-refractivity contribution in [2.45, 2.75) is 26.7 Å². The second-order valence-corrected chi connectivity index (χ2v) is 12.2. The van der Waals surface area contributed by atoms with Crippen LogP contribution >= 0.6 is 43.5 Å². The molecule has 0 aromatic heterocycles. The van der Waals surface area contributed by atoms with Crippen LogP contribution in [-0.2, 0) is 13.1 Å². The molecule has 14 heteroatoms. The molecule has 232 valence electrons. The van der Waals surface area contributed by atoms with Crippen LogP contribution in [0.3, 0.4) is 0 Å². The summed E-state index contributed by atoms with van der Waals surface area (Å²) in [7, 11) is -1.76. The van der Waals surface area contributed by atoms with Crippen LogP contribution in [0, 0.1) is 11.6 Å². The van der Waals surface area contributed by atoms with E-state index in [0.29, 0.717) is 34.5 Å². The maximum absolute atomic E-state index is 13.7. The van der Waals surface area contributed by atoms with Gasteiger partial charge in [0.2, 0.25) is 0 Å². The first-order valence-electron chi connectivity index (χ1n) is 13.7. The molecule has 4 aromatic carbocycles. The second kappa shape index (κ2) is 20.1. The molecule has 0 atom stereocenters. The van der Waals surface area contributed by atoms with Gasteiger partial charge in [0.05, 0.1) is 0 Å². The molecule has 6 nitrogen and oxygen atoms in total. The zero-order valence-corrected chi connectivity index (χ0v) is 28.2. The van der Waals surface area contributed by atoms with Gasteiger partial charge in [-0.25, -0.2) is 8.78 Å². The topological polar surface area (TPSA) is 105 Å². The molecule has 0 aliphatic carbocycles. The molecule has 0 fully saturated rings. The third-order valence-corrected chi connectivity index (χ3v) is 7.14. The maximum atomic E-state index is 13.7. The zero-order valence-electron chi connectivity index (χ0n) is 24.3. The van der Waals surface area contributed by atoms with E-state index in [1.54, 1.807) is 19.7 Å². The molecular formula is C30H34B3Br2ClF2N2O4. The number of benzene rings is 4. The lowest BCUT2D eigenvalue weighted by molar-refractivity contribution is 0.423. The summed E-state index contributed by atoms with van der Waals surface area (Å²) in [6.45, 7) is 4.33. The summed E-state index contributed by atoms with van der Waals surface area (Å²) in [5.74, 6) is -0.905. The largest absolute Gasteiger partial charge is 0.491 e. The van der Waals surface area contributed by atoms with Crippen LogP contribution in [0.25, 0.3) is 11.1 Å². The Hall–Kier alpha value is -2.06. The van der Waals surface area contributed by atoms with Gasteiger partial charge in [0.25, 0.3) is 13.8 Å². The third kappa shape index (κ3) is 14.8. The van der Waals surface area contributed by atoms with Gasteiger partial charge < -0.3 is 30.7 Å². The van der Waals surface area contributed by atoms with Crippen LogP contribution in [0.5, 0.6) is 0 Å². The normalized spacial score (nSPS) is 10.2. The minimum absolute atomic E-state index is 0.126. The predicted molar refractivity (Wildman–Crippen MR) is 186 cm³/mol. The van der Waals surface area contributed by atoms with Crippen molar-refractivity contribution < 1.29 is 28.9 Å². The summed E-state index contributed by atoms with van der Waals surface area (Å²) in [6, 6.07) is 24.2. The van der Waals surface area contributed by atoms with Gasteiger partial charge in [-0.05, 0) is 65.2 Å². The molecule has 0 radical (unpaired) electrons. The molecule has 0 bridgehead atoms. The number of rotatable bonds is 10. The molecule has 44 heavy (non-hydrogen) atoms. The first-order chi connectivity index (χ1) is 20.8. The lowest BCUT2D eigenvalue weighted by Crippen LogP contribution is -2.32. The smallest absolute Gasteiger partial charge is 0.449 e. The van der Waals surface area contributed by atoms with E-state index in [2.05, 4.69) is 54.6 Å². The SMILES string of the molecule is CB(O)CNCc1ccc(-c2cc(Cl)ccc2F)cc1.CB(O)CNCc1ccc(Br)cc1.OB(O)c1cc(Br)ccc1F. The van der Waals surface area contributed by atoms with Gasteiger partial charge in [0, 0.05) is 51.0 Å². The molecule has 0 unspecified atom stereocenters. The van der Waals surface area contributed by atoms with E-state index >= 15 is 0 Å². The van der Waals surface area contributed by atoms with Crippen molar-refractivity contribution in [2.24, 2.45) is 0 Å². The Morgan fingerprint density at radius 1 is 0.659 bits per heavy atom. The highest BCUT2D eigenvalue weighted by Crippen LogP contribution is 2.26. The van der Waals surface area contributed by atoms with E-state index in [4.69, 9.17) is 31.7 Å². The molecule has 0 aliphatic heterocycles. The van der Waals surface area contributed by atoms with Crippen LogP contribution in [0.2, 0.25) is 18.7 Å². The summed E-state index contributed by atoms with van der Waals surface area (Å²) in [6.07, 6.45) is 1.18. The molecule has 0 amide bonds. The number of nitrogens with one attached hydrogen (secondary N) is 2.